The van der Waals surface area contributed by atoms with Crippen molar-refractivity contribution in [2.45, 2.75) is 141 Å². The molecule has 10 atom stereocenters. The first kappa shape index (κ1) is 33.1. The summed E-state index contributed by atoms with van der Waals surface area (Å²) in [7, 11) is 0. The Bertz CT molecular complexity index is 1190. The Hall–Kier alpha value is -2.76. The number of ether oxygens (including phenoxy) is 5. The first-order chi connectivity index (χ1) is 20.0. The lowest BCUT2D eigenvalue weighted by Gasteiger charge is -2.54. The number of rotatable bonds is 9. The van der Waals surface area contributed by atoms with Crippen LogP contribution in [0.4, 0.5) is 0 Å². The third-order valence-electron chi connectivity index (χ3n) is 9.79. The minimum absolute atomic E-state index is 0.00835. The van der Waals surface area contributed by atoms with Crippen molar-refractivity contribution < 1.29 is 53.1 Å². The summed E-state index contributed by atoms with van der Waals surface area (Å²) in [6.07, 6.45) is 3.91. The molecule has 4 aliphatic rings. The summed E-state index contributed by atoms with van der Waals surface area (Å²) in [5.41, 5.74) is -5.84. The quantitative estimate of drug-likeness (QED) is 0.130. The lowest BCUT2D eigenvalue weighted by atomic mass is 9.55. The summed E-state index contributed by atoms with van der Waals surface area (Å²) in [5, 5.41) is 22.9. The van der Waals surface area contributed by atoms with Crippen molar-refractivity contribution in [3.05, 3.63) is 23.8 Å². The Labute approximate surface area is 252 Å². The number of hydrogen-bond acceptors (Lipinski definition) is 11. The first-order valence-electron chi connectivity index (χ1n) is 15.3. The molecule has 2 aliphatic carbocycles. The van der Waals surface area contributed by atoms with Gasteiger partial charge in [0.1, 0.15) is 24.4 Å². The van der Waals surface area contributed by atoms with E-state index in [0.29, 0.717) is 12.0 Å². The molecule has 7 unspecified atom stereocenters. The monoisotopic (exact) mass is 606 g/mol. The molecule has 1 spiro atoms. The van der Waals surface area contributed by atoms with Crippen molar-refractivity contribution >= 4 is 23.9 Å². The second-order valence-corrected chi connectivity index (χ2v) is 13.0. The van der Waals surface area contributed by atoms with E-state index in [1.54, 1.807) is 26.0 Å². The van der Waals surface area contributed by atoms with Crippen LogP contribution in [0.3, 0.4) is 0 Å². The molecule has 2 fully saturated rings. The van der Waals surface area contributed by atoms with E-state index in [0.717, 1.165) is 25.7 Å². The smallest absolute Gasteiger partial charge is 0.342 e. The molecule has 0 saturated carbocycles. The van der Waals surface area contributed by atoms with Crippen molar-refractivity contribution in [2.24, 2.45) is 11.3 Å². The highest BCUT2D eigenvalue weighted by Crippen LogP contribution is 2.65. The fourth-order valence-corrected chi connectivity index (χ4v) is 7.33. The summed E-state index contributed by atoms with van der Waals surface area (Å²) in [4.78, 5) is 51.3. The van der Waals surface area contributed by atoms with Crippen molar-refractivity contribution in [3.8, 4) is 0 Å². The van der Waals surface area contributed by atoms with Crippen LogP contribution in [-0.2, 0) is 42.9 Å². The molecule has 2 aliphatic heterocycles. The number of aliphatic hydroxyl groups excluding tert-OH is 1. The number of fused-ring (bicyclic) bond motifs is 1. The van der Waals surface area contributed by atoms with Crippen LogP contribution in [0.15, 0.2) is 23.8 Å². The molecule has 0 radical (unpaired) electrons. The molecule has 4 rings (SSSR count). The molecule has 0 aromatic rings. The van der Waals surface area contributed by atoms with E-state index in [4.69, 9.17) is 23.7 Å². The number of unbranched alkanes of at least 4 members (excludes halogenated alkanes) is 4. The fourth-order valence-electron chi connectivity index (χ4n) is 7.33. The van der Waals surface area contributed by atoms with Gasteiger partial charge in [0.15, 0.2) is 17.3 Å². The predicted molar refractivity (Wildman–Crippen MR) is 152 cm³/mol. The molecule has 43 heavy (non-hydrogen) atoms. The summed E-state index contributed by atoms with van der Waals surface area (Å²) in [6, 6.07) is 0. The molecule has 240 valence electrons. The minimum atomic E-state index is -1.96. The third kappa shape index (κ3) is 5.76. The maximum Gasteiger partial charge on any atom is 0.342 e. The van der Waals surface area contributed by atoms with Gasteiger partial charge in [-0.25, -0.2) is 4.79 Å². The zero-order valence-electron chi connectivity index (χ0n) is 26.2. The van der Waals surface area contributed by atoms with Gasteiger partial charge in [0.25, 0.3) is 0 Å². The predicted octanol–water partition coefficient (Wildman–Crippen LogP) is 3.23. The molecular formula is C32H46O11. The Kier molecular flexibility index (Phi) is 9.22. The molecular weight excluding hydrogens is 560 g/mol. The number of epoxide rings is 1. The van der Waals surface area contributed by atoms with Crippen LogP contribution < -0.4 is 0 Å². The number of hydrogen-bond donors (Lipinski definition) is 2. The van der Waals surface area contributed by atoms with Gasteiger partial charge in [0, 0.05) is 38.0 Å². The van der Waals surface area contributed by atoms with Crippen molar-refractivity contribution in [1.29, 1.82) is 0 Å². The van der Waals surface area contributed by atoms with E-state index in [-0.39, 0.29) is 12.8 Å². The maximum atomic E-state index is 13.2. The van der Waals surface area contributed by atoms with Gasteiger partial charge in [-0.15, -0.1) is 0 Å². The number of carbonyl (C=O) groups excluding carboxylic acids is 4. The molecule has 0 aromatic carbocycles. The van der Waals surface area contributed by atoms with Gasteiger partial charge in [0.05, 0.1) is 5.60 Å². The van der Waals surface area contributed by atoms with E-state index in [9.17, 15) is 29.4 Å². The summed E-state index contributed by atoms with van der Waals surface area (Å²) >= 11 is 0. The minimum Gasteiger partial charge on any atom is -0.461 e. The summed E-state index contributed by atoms with van der Waals surface area (Å²) in [5.74, 6) is -3.59. The van der Waals surface area contributed by atoms with Gasteiger partial charge < -0.3 is 33.9 Å². The molecule has 11 nitrogen and oxygen atoms in total. The van der Waals surface area contributed by atoms with E-state index in [2.05, 4.69) is 6.92 Å². The standard InChI is InChI=1S/C32H46O11/c1-8-9-10-11-12-13-25(36)41-21-17-23(39-19(3)33)29(5)15-14-22(35)30(6,38)26(29)27(40-20(4)34)32-24(16-18(21)2)42-28(37)31(32,7)43-32/h14-16,21-24,26-27,35,38H,8-13,17H2,1-7H3/b18-16-/t21?,22?,23?,24?,26?,27?,29-,30-,31+,32?/m1/s1. The molecule has 2 heterocycles. The highest BCUT2D eigenvalue weighted by atomic mass is 16.7. The van der Waals surface area contributed by atoms with Crippen molar-refractivity contribution in [3.63, 3.8) is 0 Å². The largest absolute Gasteiger partial charge is 0.461 e. The second-order valence-electron chi connectivity index (χ2n) is 13.0. The van der Waals surface area contributed by atoms with Crippen molar-refractivity contribution in [2.75, 3.05) is 0 Å². The molecule has 0 aromatic heterocycles. The molecule has 2 N–H and O–H groups in total. The van der Waals surface area contributed by atoms with E-state index in [1.165, 1.54) is 33.8 Å². The van der Waals surface area contributed by atoms with Crippen LogP contribution in [0, 0.1) is 11.3 Å². The van der Waals surface area contributed by atoms with Gasteiger partial charge in [-0.1, -0.05) is 51.7 Å². The van der Waals surface area contributed by atoms with Crippen LogP contribution >= 0.6 is 0 Å². The Morgan fingerprint density at radius 2 is 1.67 bits per heavy atom. The van der Waals surface area contributed by atoms with Gasteiger partial charge in [-0.3, -0.25) is 14.4 Å². The zero-order chi connectivity index (χ0) is 32.0. The van der Waals surface area contributed by atoms with Crippen LogP contribution in [-0.4, -0.2) is 81.4 Å². The van der Waals surface area contributed by atoms with E-state index >= 15 is 0 Å². The van der Waals surface area contributed by atoms with Crippen LogP contribution in [0.1, 0.15) is 93.4 Å². The van der Waals surface area contributed by atoms with Gasteiger partial charge in [-0.2, -0.15) is 0 Å². The third-order valence-corrected chi connectivity index (χ3v) is 9.79. The van der Waals surface area contributed by atoms with Crippen molar-refractivity contribution in [1.82, 2.24) is 0 Å². The Morgan fingerprint density at radius 1 is 1.02 bits per heavy atom. The topological polar surface area (TPSA) is 158 Å². The van der Waals surface area contributed by atoms with Crippen LogP contribution in [0.5, 0.6) is 0 Å². The molecule has 2 saturated heterocycles. The van der Waals surface area contributed by atoms with Crippen LogP contribution in [0.25, 0.3) is 0 Å². The molecule has 11 heteroatoms. The Balaban J connectivity index is 1.85. The SMILES string of the molecule is CCCCCCCC(=O)OC1CC(OC(C)=O)[C@@]2(C)C=CC(O)[C@@](C)(O)C2C(OC(C)=O)C23O[C@@]2(C)C(=O)OC3/C=C\1C. The fraction of sp³-hybridized carbons (Fsp3) is 0.750. The van der Waals surface area contributed by atoms with Gasteiger partial charge >= 0.3 is 23.9 Å². The second kappa shape index (κ2) is 12.0. The van der Waals surface area contributed by atoms with E-state index < -0.39 is 82.5 Å². The number of aliphatic hydroxyl groups is 2. The lowest BCUT2D eigenvalue weighted by Crippen LogP contribution is -2.67. The highest BCUT2D eigenvalue weighted by Gasteiger charge is 2.87. The zero-order valence-corrected chi connectivity index (χ0v) is 26.2. The first-order valence-corrected chi connectivity index (χ1v) is 15.3. The average Bonchev–Trinajstić information content (AvgIpc) is 3.49. The Morgan fingerprint density at radius 3 is 2.28 bits per heavy atom. The number of carbonyl (C=O) groups is 4. The van der Waals surface area contributed by atoms with Gasteiger partial charge in [0.2, 0.25) is 0 Å². The maximum absolute atomic E-state index is 13.2. The number of esters is 4. The molecule has 0 amide bonds. The average molecular weight is 607 g/mol. The van der Waals surface area contributed by atoms with Crippen LogP contribution in [0.2, 0.25) is 0 Å². The van der Waals surface area contributed by atoms with E-state index in [1.807, 2.05) is 0 Å². The van der Waals surface area contributed by atoms with Gasteiger partial charge in [-0.05, 0) is 38.8 Å². The summed E-state index contributed by atoms with van der Waals surface area (Å²) in [6.45, 7) is 10.9. The lowest BCUT2D eigenvalue weighted by molar-refractivity contribution is -0.215. The highest BCUT2D eigenvalue weighted by molar-refractivity contribution is 5.89. The summed E-state index contributed by atoms with van der Waals surface area (Å²) < 4.78 is 29.7. The molecule has 0 bridgehead atoms. The normalized spacial score (nSPS) is 42.7.